The number of amides is 2. The molecule has 1 fully saturated rings. The predicted molar refractivity (Wildman–Crippen MR) is 93.7 cm³/mol. The minimum Gasteiger partial charge on any atom is -0.450 e. The molecule has 1 N–H and O–H groups in total. The Balaban J connectivity index is 1.82. The molecule has 2 amide bonds. The molecule has 1 aromatic heterocycles. The fraction of sp³-hybridized carbons (Fsp3) is 0.733. The van der Waals surface area contributed by atoms with E-state index < -0.39 is 0 Å². The molecule has 1 aromatic rings. The molecule has 0 spiro atoms. The van der Waals surface area contributed by atoms with E-state index in [0.717, 1.165) is 12.8 Å². The number of piperazine rings is 1. The minimum atomic E-state index is -0.333. The molecule has 0 radical (unpaired) electrons. The third-order valence-electron chi connectivity index (χ3n) is 3.94. The molecule has 0 saturated carbocycles. The summed E-state index contributed by atoms with van der Waals surface area (Å²) < 4.78 is 6.54. The van der Waals surface area contributed by atoms with E-state index in [1.165, 1.54) is 11.8 Å². The number of hydrogen-bond acceptors (Lipinski definition) is 6. The average Bonchev–Trinajstić information content (AvgIpc) is 2.98. The van der Waals surface area contributed by atoms with Crippen LogP contribution in [0.15, 0.2) is 9.95 Å². The Morgan fingerprint density at radius 2 is 1.88 bits per heavy atom. The Kier molecular flexibility index (Phi) is 7.35. The summed E-state index contributed by atoms with van der Waals surface area (Å²) >= 11 is 1.26. The number of ether oxygens (including phenoxy) is 1. The maximum Gasteiger partial charge on any atom is 0.409 e. The molecule has 0 unspecified atom stereocenters. The highest BCUT2D eigenvalue weighted by Crippen LogP contribution is 2.15. The lowest BCUT2D eigenvalue weighted by atomic mass is 10.3. The van der Waals surface area contributed by atoms with Gasteiger partial charge in [0.2, 0.25) is 5.91 Å². The lowest BCUT2D eigenvalue weighted by Gasteiger charge is -2.34. The van der Waals surface area contributed by atoms with Crippen LogP contribution in [0, 0.1) is 0 Å². The highest BCUT2D eigenvalue weighted by Gasteiger charge is 2.25. The summed E-state index contributed by atoms with van der Waals surface area (Å²) in [6, 6.07) is 0. The van der Waals surface area contributed by atoms with Gasteiger partial charge in [-0.2, -0.15) is 0 Å². The molecule has 2 heterocycles. The molecule has 1 aliphatic rings. The van der Waals surface area contributed by atoms with E-state index in [9.17, 15) is 14.4 Å². The number of carbonyl (C=O) groups is 2. The van der Waals surface area contributed by atoms with Crippen molar-refractivity contribution in [2.45, 2.75) is 38.4 Å². The molecule has 9 nitrogen and oxygen atoms in total. The zero-order valence-corrected chi connectivity index (χ0v) is 15.5. The molecular formula is C15H25N5O4S. The Morgan fingerprint density at radius 3 is 2.52 bits per heavy atom. The van der Waals surface area contributed by atoms with Crippen molar-refractivity contribution >= 4 is 23.8 Å². The quantitative estimate of drug-likeness (QED) is 0.711. The monoisotopic (exact) mass is 371 g/mol. The summed E-state index contributed by atoms with van der Waals surface area (Å²) in [5.74, 6) is 0.196. The lowest BCUT2D eigenvalue weighted by Crippen LogP contribution is -2.51. The van der Waals surface area contributed by atoms with Gasteiger partial charge in [-0.3, -0.25) is 9.36 Å². The third-order valence-corrected chi connectivity index (χ3v) is 4.90. The molecule has 1 aliphatic heterocycles. The smallest absolute Gasteiger partial charge is 0.409 e. The summed E-state index contributed by atoms with van der Waals surface area (Å²) in [4.78, 5) is 39.1. The number of thioether (sulfide) groups is 1. The van der Waals surface area contributed by atoms with E-state index in [4.69, 9.17) is 4.74 Å². The maximum atomic E-state index is 12.4. The highest BCUT2D eigenvalue weighted by molar-refractivity contribution is 7.99. The molecule has 1 saturated heterocycles. The van der Waals surface area contributed by atoms with E-state index in [1.54, 1.807) is 21.3 Å². The van der Waals surface area contributed by atoms with Crippen molar-refractivity contribution in [2.75, 3.05) is 38.5 Å². The topological polar surface area (TPSA) is 101 Å². The molecule has 0 atom stereocenters. The number of hydrogen-bond donors (Lipinski definition) is 1. The van der Waals surface area contributed by atoms with Gasteiger partial charge in [-0.15, -0.1) is 5.10 Å². The van der Waals surface area contributed by atoms with Crippen LogP contribution in [-0.2, 0) is 16.1 Å². The van der Waals surface area contributed by atoms with Crippen LogP contribution in [0.2, 0.25) is 0 Å². The van der Waals surface area contributed by atoms with Gasteiger partial charge in [0, 0.05) is 32.7 Å². The van der Waals surface area contributed by atoms with E-state index in [1.807, 2.05) is 0 Å². The fourth-order valence-corrected chi connectivity index (χ4v) is 3.37. The van der Waals surface area contributed by atoms with Crippen molar-refractivity contribution in [3.05, 3.63) is 10.5 Å². The molecule has 140 valence electrons. The summed E-state index contributed by atoms with van der Waals surface area (Å²) in [6.45, 7) is 6.68. The standard InChI is InChI=1S/C15H25N5O4S/c1-3-5-6-20-13(22)16-17-14(20)25-11-12(21)18-7-9-19(10-8-18)15(23)24-4-2/h3-11H2,1-2H3,(H,16,22). The first-order valence-corrected chi connectivity index (χ1v) is 9.52. The molecule has 2 rings (SSSR count). The normalized spacial score (nSPS) is 14.6. The zero-order chi connectivity index (χ0) is 18.2. The fourth-order valence-electron chi connectivity index (χ4n) is 2.50. The first kappa shape index (κ1) is 19.4. The SMILES string of the molecule is CCCCn1c(SCC(=O)N2CCN(C(=O)OCC)CC2)n[nH]c1=O. The number of nitrogens with one attached hydrogen (secondary N) is 1. The van der Waals surface area contributed by atoms with Gasteiger partial charge in [-0.05, 0) is 13.3 Å². The molecule has 0 aliphatic carbocycles. The van der Waals surface area contributed by atoms with Gasteiger partial charge in [0.1, 0.15) is 0 Å². The second kappa shape index (κ2) is 9.50. The van der Waals surface area contributed by atoms with E-state index in [0.29, 0.717) is 44.5 Å². The Hall–Kier alpha value is -1.97. The van der Waals surface area contributed by atoms with E-state index >= 15 is 0 Å². The van der Waals surface area contributed by atoms with Crippen LogP contribution in [0.1, 0.15) is 26.7 Å². The van der Waals surface area contributed by atoms with Gasteiger partial charge >= 0.3 is 11.8 Å². The first-order valence-electron chi connectivity index (χ1n) is 8.54. The lowest BCUT2D eigenvalue weighted by molar-refractivity contribution is -0.129. The number of nitrogens with zero attached hydrogens (tertiary/aromatic N) is 4. The Bertz CT molecular complexity index is 636. The first-order chi connectivity index (χ1) is 12.1. The van der Waals surface area contributed by atoms with Crippen molar-refractivity contribution < 1.29 is 14.3 Å². The van der Waals surface area contributed by atoms with Crippen LogP contribution in [0.3, 0.4) is 0 Å². The zero-order valence-electron chi connectivity index (χ0n) is 14.7. The molecule has 0 aromatic carbocycles. The predicted octanol–water partition coefficient (Wildman–Crippen LogP) is 0.764. The summed E-state index contributed by atoms with van der Waals surface area (Å²) in [5.41, 5.74) is -0.244. The van der Waals surface area contributed by atoms with E-state index in [-0.39, 0.29) is 23.4 Å². The van der Waals surface area contributed by atoms with Crippen LogP contribution in [0.25, 0.3) is 0 Å². The van der Waals surface area contributed by atoms with Gasteiger partial charge in [-0.25, -0.2) is 14.7 Å². The minimum absolute atomic E-state index is 0.0222. The van der Waals surface area contributed by atoms with Gasteiger partial charge in [0.25, 0.3) is 0 Å². The second-order valence-electron chi connectivity index (χ2n) is 5.67. The Morgan fingerprint density at radius 1 is 1.20 bits per heavy atom. The van der Waals surface area contributed by atoms with Crippen LogP contribution in [0.4, 0.5) is 4.79 Å². The number of unbranched alkanes of at least 4 members (excludes halogenated alkanes) is 1. The maximum absolute atomic E-state index is 12.4. The highest BCUT2D eigenvalue weighted by atomic mass is 32.2. The van der Waals surface area contributed by atoms with Gasteiger partial charge < -0.3 is 14.5 Å². The van der Waals surface area contributed by atoms with Gasteiger partial charge in [0.05, 0.1) is 12.4 Å². The Labute approximate surface area is 150 Å². The molecular weight excluding hydrogens is 346 g/mol. The van der Waals surface area contributed by atoms with E-state index in [2.05, 4.69) is 17.1 Å². The van der Waals surface area contributed by atoms with Crippen LogP contribution in [0.5, 0.6) is 0 Å². The van der Waals surface area contributed by atoms with Crippen molar-refractivity contribution in [3.63, 3.8) is 0 Å². The summed E-state index contributed by atoms with van der Waals surface area (Å²) in [6.07, 6.45) is 1.53. The van der Waals surface area contributed by atoms with Crippen molar-refractivity contribution in [1.29, 1.82) is 0 Å². The number of carbonyl (C=O) groups excluding carboxylic acids is 2. The van der Waals surface area contributed by atoms with Crippen molar-refractivity contribution in [3.8, 4) is 0 Å². The second-order valence-corrected chi connectivity index (χ2v) is 6.61. The third kappa shape index (κ3) is 5.25. The molecule has 25 heavy (non-hydrogen) atoms. The van der Waals surface area contributed by atoms with Crippen LogP contribution >= 0.6 is 11.8 Å². The average molecular weight is 371 g/mol. The van der Waals surface area contributed by atoms with Gasteiger partial charge in [-0.1, -0.05) is 25.1 Å². The largest absolute Gasteiger partial charge is 0.450 e. The number of aromatic nitrogens is 3. The molecule has 10 heteroatoms. The van der Waals surface area contributed by atoms with Crippen molar-refractivity contribution in [2.24, 2.45) is 0 Å². The molecule has 0 bridgehead atoms. The van der Waals surface area contributed by atoms with Gasteiger partial charge in [0.15, 0.2) is 5.16 Å². The van der Waals surface area contributed by atoms with Crippen LogP contribution in [-0.4, -0.2) is 75.1 Å². The van der Waals surface area contributed by atoms with Crippen molar-refractivity contribution in [1.82, 2.24) is 24.6 Å². The number of rotatable bonds is 7. The number of aromatic amines is 1. The summed E-state index contributed by atoms with van der Waals surface area (Å²) in [7, 11) is 0. The summed E-state index contributed by atoms with van der Waals surface area (Å²) in [5, 5.41) is 6.96. The van der Waals surface area contributed by atoms with Crippen LogP contribution < -0.4 is 5.69 Å². The number of H-pyrrole nitrogens is 1.